The Hall–Kier alpha value is -1.61. The van der Waals surface area contributed by atoms with Crippen LogP contribution in [0.4, 0.5) is 0 Å². The molecule has 2 N–H and O–H groups in total. The zero-order valence-corrected chi connectivity index (χ0v) is 9.53. The van der Waals surface area contributed by atoms with E-state index in [1.807, 2.05) is 24.4 Å². The van der Waals surface area contributed by atoms with Gasteiger partial charge in [0.1, 0.15) is 5.82 Å². The second-order valence-corrected chi connectivity index (χ2v) is 3.80. The molecule has 2 aromatic rings. The molecule has 3 nitrogen and oxygen atoms in total. The Balaban J connectivity index is 2.02. The average molecular weight is 215 g/mol. The Morgan fingerprint density at radius 1 is 1.25 bits per heavy atom. The van der Waals surface area contributed by atoms with E-state index in [-0.39, 0.29) is 0 Å². The van der Waals surface area contributed by atoms with Crippen LogP contribution in [0, 0.1) is 0 Å². The predicted molar refractivity (Wildman–Crippen MR) is 66.0 cm³/mol. The zero-order valence-electron chi connectivity index (χ0n) is 9.53. The molecule has 0 aliphatic heterocycles. The maximum absolute atomic E-state index is 4.37. The van der Waals surface area contributed by atoms with Crippen molar-refractivity contribution in [3.63, 3.8) is 0 Å². The number of hydrogen-bond donors (Lipinski definition) is 2. The van der Waals surface area contributed by atoms with E-state index < -0.39 is 0 Å². The van der Waals surface area contributed by atoms with Gasteiger partial charge in [-0.15, -0.1) is 0 Å². The molecule has 0 atom stereocenters. The molecule has 0 radical (unpaired) electrons. The van der Waals surface area contributed by atoms with Gasteiger partial charge in [0.25, 0.3) is 0 Å². The topological polar surface area (TPSA) is 40.7 Å². The van der Waals surface area contributed by atoms with E-state index >= 15 is 0 Å². The fraction of sp³-hybridized carbons (Fsp3) is 0.308. The van der Waals surface area contributed by atoms with Crippen molar-refractivity contribution in [2.24, 2.45) is 0 Å². The Labute approximate surface area is 95.9 Å². The molecule has 0 bridgehead atoms. The fourth-order valence-electron chi connectivity index (χ4n) is 1.59. The number of rotatable bonds is 5. The van der Waals surface area contributed by atoms with Crippen LogP contribution in [0.5, 0.6) is 0 Å². The van der Waals surface area contributed by atoms with E-state index in [9.17, 15) is 0 Å². The van der Waals surface area contributed by atoms with Crippen molar-refractivity contribution >= 4 is 0 Å². The van der Waals surface area contributed by atoms with Gasteiger partial charge in [-0.3, -0.25) is 0 Å². The summed E-state index contributed by atoms with van der Waals surface area (Å²) in [6, 6.07) is 10.2. The molecule has 2 rings (SSSR count). The number of aromatic amines is 1. The summed E-state index contributed by atoms with van der Waals surface area (Å²) in [5, 5.41) is 3.34. The minimum atomic E-state index is 0.855. The van der Waals surface area contributed by atoms with Gasteiger partial charge in [0.15, 0.2) is 0 Å². The number of benzene rings is 1. The number of imidazole rings is 1. The van der Waals surface area contributed by atoms with Gasteiger partial charge in [-0.05, 0) is 13.0 Å². The summed E-state index contributed by atoms with van der Waals surface area (Å²) in [7, 11) is 0. The van der Waals surface area contributed by atoms with Gasteiger partial charge in [-0.1, -0.05) is 37.3 Å². The molecule has 3 heteroatoms. The van der Waals surface area contributed by atoms with Crippen LogP contribution in [0.25, 0.3) is 11.4 Å². The smallest absolute Gasteiger partial charge is 0.137 e. The third kappa shape index (κ3) is 2.70. The van der Waals surface area contributed by atoms with Crippen molar-refractivity contribution in [3.05, 3.63) is 42.2 Å². The standard InChI is InChI=1S/C13H17N3/c1-2-8-14-9-12-10-15-13(16-12)11-6-4-3-5-7-11/h3-7,10,14H,2,8-9H2,1H3,(H,15,16). The van der Waals surface area contributed by atoms with E-state index in [2.05, 4.69) is 34.3 Å². The van der Waals surface area contributed by atoms with Crippen molar-refractivity contribution < 1.29 is 0 Å². The number of aromatic nitrogens is 2. The minimum absolute atomic E-state index is 0.855. The Morgan fingerprint density at radius 3 is 2.81 bits per heavy atom. The molecule has 16 heavy (non-hydrogen) atoms. The van der Waals surface area contributed by atoms with E-state index in [4.69, 9.17) is 0 Å². The number of H-pyrrole nitrogens is 1. The third-order valence-electron chi connectivity index (χ3n) is 2.42. The molecule has 0 fully saturated rings. The Kier molecular flexibility index (Phi) is 3.72. The molecule has 0 saturated heterocycles. The van der Waals surface area contributed by atoms with Crippen molar-refractivity contribution in [2.75, 3.05) is 6.54 Å². The SMILES string of the molecule is CCCNCc1cnc(-c2ccccc2)[nH]1. The first-order chi connectivity index (χ1) is 7.90. The van der Waals surface area contributed by atoms with Gasteiger partial charge in [-0.2, -0.15) is 0 Å². The highest BCUT2D eigenvalue weighted by molar-refractivity contribution is 5.54. The highest BCUT2D eigenvalue weighted by atomic mass is 15.0. The first-order valence-corrected chi connectivity index (χ1v) is 5.70. The summed E-state index contributed by atoms with van der Waals surface area (Å²) in [6.45, 7) is 4.06. The lowest BCUT2D eigenvalue weighted by atomic mass is 10.2. The molecule has 84 valence electrons. The lowest BCUT2D eigenvalue weighted by Crippen LogP contribution is -2.13. The molecule has 0 aliphatic rings. The molecule has 0 amide bonds. The molecule has 1 aromatic heterocycles. The first kappa shape index (κ1) is 10.9. The van der Waals surface area contributed by atoms with Crippen LogP contribution >= 0.6 is 0 Å². The van der Waals surface area contributed by atoms with Crippen LogP contribution in [0.2, 0.25) is 0 Å². The van der Waals surface area contributed by atoms with Crippen LogP contribution in [0.1, 0.15) is 19.0 Å². The van der Waals surface area contributed by atoms with Crippen LogP contribution in [0.3, 0.4) is 0 Å². The quantitative estimate of drug-likeness (QED) is 0.753. The van der Waals surface area contributed by atoms with E-state index in [0.29, 0.717) is 0 Å². The van der Waals surface area contributed by atoms with Gasteiger partial charge in [-0.25, -0.2) is 4.98 Å². The van der Waals surface area contributed by atoms with Gasteiger partial charge in [0.2, 0.25) is 0 Å². The lowest BCUT2D eigenvalue weighted by Gasteiger charge is -1.99. The van der Waals surface area contributed by atoms with Gasteiger partial charge in [0.05, 0.1) is 0 Å². The summed E-state index contributed by atoms with van der Waals surface area (Å²) in [6.07, 6.45) is 3.05. The fourth-order valence-corrected chi connectivity index (χ4v) is 1.59. The van der Waals surface area contributed by atoms with Crippen LogP contribution in [-0.4, -0.2) is 16.5 Å². The Bertz CT molecular complexity index is 420. The second kappa shape index (κ2) is 5.47. The highest BCUT2D eigenvalue weighted by Crippen LogP contribution is 2.14. The van der Waals surface area contributed by atoms with Gasteiger partial charge in [0, 0.05) is 24.0 Å². The van der Waals surface area contributed by atoms with Crippen molar-refractivity contribution in [1.82, 2.24) is 15.3 Å². The van der Waals surface area contributed by atoms with Crippen molar-refractivity contribution in [3.8, 4) is 11.4 Å². The maximum atomic E-state index is 4.37. The number of nitrogens with one attached hydrogen (secondary N) is 2. The first-order valence-electron chi connectivity index (χ1n) is 5.70. The molecular formula is C13H17N3. The molecule has 1 aromatic carbocycles. The summed E-state index contributed by atoms with van der Waals surface area (Å²) in [4.78, 5) is 7.68. The molecule has 1 heterocycles. The largest absolute Gasteiger partial charge is 0.341 e. The normalized spacial score (nSPS) is 10.6. The average Bonchev–Trinajstić information content (AvgIpc) is 2.79. The van der Waals surface area contributed by atoms with E-state index in [0.717, 1.165) is 36.6 Å². The number of nitrogens with zero attached hydrogens (tertiary/aromatic N) is 1. The monoisotopic (exact) mass is 215 g/mol. The summed E-state index contributed by atoms with van der Waals surface area (Å²) in [5.74, 6) is 0.939. The summed E-state index contributed by atoms with van der Waals surface area (Å²) >= 11 is 0. The molecule has 0 unspecified atom stereocenters. The van der Waals surface area contributed by atoms with Gasteiger partial charge >= 0.3 is 0 Å². The lowest BCUT2D eigenvalue weighted by molar-refractivity contribution is 0.667. The minimum Gasteiger partial charge on any atom is -0.341 e. The molecule has 0 spiro atoms. The molecule has 0 saturated carbocycles. The highest BCUT2D eigenvalue weighted by Gasteiger charge is 2.01. The maximum Gasteiger partial charge on any atom is 0.137 e. The van der Waals surface area contributed by atoms with E-state index in [1.165, 1.54) is 0 Å². The van der Waals surface area contributed by atoms with Crippen molar-refractivity contribution in [2.45, 2.75) is 19.9 Å². The summed E-state index contributed by atoms with van der Waals surface area (Å²) < 4.78 is 0. The summed E-state index contributed by atoms with van der Waals surface area (Å²) in [5.41, 5.74) is 2.26. The van der Waals surface area contributed by atoms with Crippen molar-refractivity contribution in [1.29, 1.82) is 0 Å². The van der Waals surface area contributed by atoms with Gasteiger partial charge < -0.3 is 10.3 Å². The van der Waals surface area contributed by atoms with Crippen LogP contribution < -0.4 is 5.32 Å². The predicted octanol–water partition coefficient (Wildman–Crippen LogP) is 2.58. The second-order valence-electron chi connectivity index (χ2n) is 3.80. The molecule has 0 aliphatic carbocycles. The Morgan fingerprint density at radius 2 is 2.06 bits per heavy atom. The van der Waals surface area contributed by atoms with Crippen LogP contribution in [-0.2, 0) is 6.54 Å². The zero-order chi connectivity index (χ0) is 11.2. The number of hydrogen-bond acceptors (Lipinski definition) is 2. The van der Waals surface area contributed by atoms with E-state index in [1.54, 1.807) is 0 Å². The third-order valence-corrected chi connectivity index (χ3v) is 2.42. The molecular weight excluding hydrogens is 198 g/mol. The van der Waals surface area contributed by atoms with Crippen LogP contribution in [0.15, 0.2) is 36.5 Å².